The van der Waals surface area contributed by atoms with Crippen molar-refractivity contribution in [3.05, 3.63) is 23.8 Å². The zero-order chi connectivity index (χ0) is 15.8. The van der Waals surface area contributed by atoms with Crippen molar-refractivity contribution >= 4 is 11.9 Å². The molecule has 0 unspecified atom stereocenters. The highest BCUT2D eigenvalue weighted by Crippen LogP contribution is 2.30. The Morgan fingerprint density at radius 1 is 1.23 bits per heavy atom. The summed E-state index contributed by atoms with van der Waals surface area (Å²) >= 11 is 0. The Kier molecular flexibility index (Phi) is 6.02. The standard InChI is InChI=1S/C15H19NO6/c1-19-5-4-16-14(17)10-22-15(18)9-11-2-3-12-13(8-11)21-7-6-20-12/h2-3,8H,4-7,9-10H2,1H3,(H,16,17). The van der Waals surface area contributed by atoms with Crippen LogP contribution in [0.5, 0.6) is 11.5 Å². The number of ether oxygens (including phenoxy) is 4. The maximum Gasteiger partial charge on any atom is 0.310 e. The maximum absolute atomic E-state index is 11.7. The fourth-order valence-corrected chi connectivity index (χ4v) is 1.91. The Labute approximate surface area is 128 Å². The molecule has 1 aromatic rings. The van der Waals surface area contributed by atoms with Gasteiger partial charge < -0.3 is 24.3 Å². The van der Waals surface area contributed by atoms with Crippen LogP contribution in [-0.2, 0) is 25.5 Å². The molecule has 0 aliphatic carbocycles. The van der Waals surface area contributed by atoms with Gasteiger partial charge in [0.05, 0.1) is 13.0 Å². The molecular weight excluding hydrogens is 290 g/mol. The highest BCUT2D eigenvalue weighted by molar-refractivity contribution is 5.81. The number of rotatable bonds is 7. The maximum atomic E-state index is 11.7. The predicted molar refractivity (Wildman–Crippen MR) is 77.0 cm³/mol. The first kappa shape index (κ1) is 16.1. The van der Waals surface area contributed by atoms with Crippen molar-refractivity contribution in [3.63, 3.8) is 0 Å². The second-order valence-corrected chi connectivity index (χ2v) is 4.66. The normalized spacial score (nSPS) is 12.6. The van der Waals surface area contributed by atoms with E-state index in [9.17, 15) is 9.59 Å². The van der Waals surface area contributed by atoms with Crippen LogP contribution >= 0.6 is 0 Å². The molecule has 0 spiro atoms. The molecule has 0 fully saturated rings. The van der Waals surface area contributed by atoms with Crippen LogP contribution in [0.1, 0.15) is 5.56 Å². The van der Waals surface area contributed by atoms with E-state index < -0.39 is 5.97 Å². The van der Waals surface area contributed by atoms with Gasteiger partial charge in [-0.05, 0) is 17.7 Å². The van der Waals surface area contributed by atoms with Gasteiger partial charge in [-0.15, -0.1) is 0 Å². The molecule has 1 aromatic carbocycles. The summed E-state index contributed by atoms with van der Waals surface area (Å²) in [6, 6.07) is 5.27. The summed E-state index contributed by atoms with van der Waals surface area (Å²) in [4.78, 5) is 23.1. The van der Waals surface area contributed by atoms with E-state index in [1.807, 2.05) is 0 Å². The van der Waals surface area contributed by atoms with Gasteiger partial charge in [0.25, 0.3) is 5.91 Å². The van der Waals surface area contributed by atoms with Crippen LogP contribution in [-0.4, -0.2) is 52.0 Å². The quantitative estimate of drug-likeness (QED) is 0.576. The van der Waals surface area contributed by atoms with Gasteiger partial charge in [0, 0.05) is 13.7 Å². The summed E-state index contributed by atoms with van der Waals surface area (Å²) in [5.41, 5.74) is 0.744. The molecule has 1 amide bonds. The molecule has 1 heterocycles. The number of benzene rings is 1. The molecular formula is C15H19NO6. The first-order valence-electron chi connectivity index (χ1n) is 6.99. The van der Waals surface area contributed by atoms with Gasteiger partial charge in [-0.3, -0.25) is 9.59 Å². The Morgan fingerprint density at radius 3 is 2.77 bits per heavy atom. The Morgan fingerprint density at radius 2 is 2.00 bits per heavy atom. The zero-order valence-corrected chi connectivity index (χ0v) is 12.4. The molecule has 0 radical (unpaired) electrons. The average molecular weight is 309 g/mol. The largest absolute Gasteiger partial charge is 0.486 e. The van der Waals surface area contributed by atoms with Crippen LogP contribution in [0, 0.1) is 0 Å². The fraction of sp³-hybridized carbons (Fsp3) is 0.467. The van der Waals surface area contributed by atoms with Crippen LogP contribution < -0.4 is 14.8 Å². The van der Waals surface area contributed by atoms with Crippen LogP contribution in [0.4, 0.5) is 0 Å². The van der Waals surface area contributed by atoms with Crippen molar-refractivity contribution in [2.75, 3.05) is 40.1 Å². The lowest BCUT2D eigenvalue weighted by molar-refractivity contribution is -0.147. The lowest BCUT2D eigenvalue weighted by Gasteiger charge is -2.18. The van der Waals surface area contributed by atoms with Crippen LogP contribution in [0.25, 0.3) is 0 Å². The number of carbonyl (C=O) groups excluding carboxylic acids is 2. The molecule has 0 saturated heterocycles. The van der Waals surface area contributed by atoms with Gasteiger partial charge in [0.1, 0.15) is 13.2 Å². The molecule has 1 aliphatic rings. The number of amides is 1. The van der Waals surface area contributed by atoms with E-state index in [2.05, 4.69) is 5.32 Å². The SMILES string of the molecule is COCCNC(=O)COC(=O)Cc1ccc2c(c1)OCCO2. The molecule has 0 bridgehead atoms. The van der Waals surface area contributed by atoms with Crippen LogP contribution in [0.2, 0.25) is 0 Å². The second kappa shape index (κ2) is 8.23. The van der Waals surface area contributed by atoms with Gasteiger partial charge in [0.15, 0.2) is 18.1 Å². The van der Waals surface area contributed by atoms with Gasteiger partial charge in [0.2, 0.25) is 0 Å². The van der Waals surface area contributed by atoms with E-state index >= 15 is 0 Å². The minimum atomic E-state index is -0.474. The minimum Gasteiger partial charge on any atom is -0.486 e. The van der Waals surface area contributed by atoms with E-state index in [-0.39, 0.29) is 18.9 Å². The Bertz CT molecular complexity index is 531. The molecule has 7 heteroatoms. The van der Waals surface area contributed by atoms with Crippen molar-refractivity contribution < 1.29 is 28.5 Å². The van der Waals surface area contributed by atoms with Crippen LogP contribution in [0.3, 0.4) is 0 Å². The summed E-state index contributed by atoms with van der Waals surface area (Å²) in [6.07, 6.45) is 0.0714. The van der Waals surface area contributed by atoms with E-state index in [1.54, 1.807) is 25.3 Å². The molecule has 0 atom stereocenters. The number of methoxy groups -OCH3 is 1. The lowest BCUT2D eigenvalue weighted by Crippen LogP contribution is -2.31. The van der Waals surface area contributed by atoms with Crippen molar-refractivity contribution in [2.24, 2.45) is 0 Å². The highest BCUT2D eigenvalue weighted by Gasteiger charge is 2.14. The van der Waals surface area contributed by atoms with Crippen molar-refractivity contribution in [3.8, 4) is 11.5 Å². The van der Waals surface area contributed by atoms with E-state index in [0.717, 1.165) is 5.56 Å². The first-order chi connectivity index (χ1) is 10.7. The third-order valence-electron chi connectivity index (χ3n) is 2.95. The topological polar surface area (TPSA) is 83.1 Å². The average Bonchev–Trinajstić information content (AvgIpc) is 2.53. The number of carbonyl (C=O) groups is 2. The molecule has 120 valence electrons. The summed E-state index contributed by atoms with van der Waals surface area (Å²) in [5, 5.41) is 2.57. The summed E-state index contributed by atoms with van der Waals surface area (Å²) in [6.45, 7) is 1.51. The van der Waals surface area contributed by atoms with E-state index in [0.29, 0.717) is 37.9 Å². The highest BCUT2D eigenvalue weighted by atomic mass is 16.6. The van der Waals surface area contributed by atoms with E-state index in [1.165, 1.54) is 0 Å². The minimum absolute atomic E-state index is 0.0714. The van der Waals surface area contributed by atoms with Gasteiger partial charge >= 0.3 is 5.97 Å². The van der Waals surface area contributed by atoms with Gasteiger partial charge in [-0.25, -0.2) is 0 Å². The first-order valence-corrected chi connectivity index (χ1v) is 6.99. The second-order valence-electron chi connectivity index (χ2n) is 4.66. The van der Waals surface area contributed by atoms with E-state index in [4.69, 9.17) is 18.9 Å². The third kappa shape index (κ3) is 4.92. The predicted octanol–water partition coefficient (Wildman–Crippen LogP) is 0.306. The molecule has 0 aromatic heterocycles. The number of hydrogen-bond donors (Lipinski definition) is 1. The summed E-state index contributed by atoms with van der Waals surface area (Å²) in [5.74, 6) is 0.459. The molecule has 1 aliphatic heterocycles. The number of nitrogens with one attached hydrogen (secondary N) is 1. The van der Waals surface area contributed by atoms with Crippen molar-refractivity contribution in [2.45, 2.75) is 6.42 Å². The Hall–Kier alpha value is -2.28. The smallest absolute Gasteiger partial charge is 0.310 e. The number of esters is 1. The fourth-order valence-electron chi connectivity index (χ4n) is 1.91. The summed E-state index contributed by atoms with van der Waals surface area (Å²) < 4.78 is 20.6. The molecule has 2 rings (SSSR count). The van der Waals surface area contributed by atoms with Crippen molar-refractivity contribution in [1.82, 2.24) is 5.32 Å². The van der Waals surface area contributed by atoms with Gasteiger partial charge in [-0.2, -0.15) is 0 Å². The van der Waals surface area contributed by atoms with Crippen molar-refractivity contribution in [1.29, 1.82) is 0 Å². The monoisotopic (exact) mass is 309 g/mol. The van der Waals surface area contributed by atoms with Crippen LogP contribution in [0.15, 0.2) is 18.2 Å². The molecule has 22 heavy (non-hydrogen) atoms. The molecule has 7 nitrogen and oxygen atoms in total. The van der Waals surface area contributed by atoms with Gasteiger partial charge in [-0.1, -0.05) is 6.07 Å². The third-order valence-corrected chi connectivity index (χ3v) is 2.95. The zero-order valence-electron chi connectivity index (χ0n) is 12.4. The molecule has 1 N–H and O–H groups in total. The number of fused-ring (bicyclic) bond motifs is 1. The molecule has 0 saturated carbocycles. The summed E-state index contributed by atoms with van der Waals surface area (Å²) in [7, 11) is 1.54. The lowest BCUT2D eigenvalue weighted by atomic mass is 10.1. The number of hydrogen-bond acceptors (Lipinski definition) is 6. The Balaban J connectivity index is 1.76.